The number of alkyl halides is 6. The average Bonchev–Trinajstić information content (AvgIpc) is 2.77. The molecule has 0 bridgehead atoms. The molecule has 5 nitrogen and oxygen atoms in total. The van der Waals surface area contributed by atoms with Gasteiger partial charge in [0.15, 0.2) is 0 Å². The van der Waals surface area contributed by atoms with E-state index in [1.54, 1.807) is 6.08 Å². The molecule has 156 valence electrons. The molecule has 11 heteroatoms. The van der Waals surface area contributed by atoms with Crippen molar-refractivity contribution in [3.63, 3.8) is 0 Å². The summed E-state index contributed by atoms with van der Waals surface area (Å²) in [6.07, 6.45) is -1.24. The van der Waals surface area contributed by atoms with Crippen molar-refractivity contribution >= 4 is 11.8 Å². The Morgan fingerprint density at radius 1 is 1.10 bits per heavy atom. The lowest BCUT2D eigenvalue weighted by Crippen LogP contribution is -2.43. The van der Waals surface area contributed by atoms with E-state index in [0.29, 0.717) is 11.1 Å². The second-order valence-electron chi connectivity index (χ2n) is 6.24. The van der Waals surface area contributed by atoms with E-state index in [0.717, 1.165) is 15.3 Å². The Bertz CT molecular complexity index is 961. The van der Waals surface area contributed by atoms with Crippen LogP contribution in [-0.4, -0.2) is 27.9 Å². The minimum absolute atomic E-state index is 0.0603. The molecule has 2 aliphatic rings. The summed E-state index contributed by atoms with van der Waals surface area (Å²) >= 11 is 0. The van der Waals surface area contributed by atoms with E-state index >= 15 is 0 Å². The molecule has 0 fully saturated rings. The maximum atomic E-state index is 13.5. The Labute approximate surface area is 161 Å². The van der Waals surface area contributed by atoms with E-state index in [4.69, 9.17) is 0 Å². The number of hydrogen-bond acceptors (Lipinski definition) is 3. The Balaban J connectivity index is 2.15. The number of aliphatic hydroxyl groups is 1. The highest BCUT2D eigenvalue weighted by Crippen LogP contribution is 2.32. The zero-order valence-corrected chi connectivity index (χ0v) is 15.1. The Kier molecular flexibility index (Phi) is 5.44. The van der Waals surface area contributed by atoms with Crippen LogP contribution < -0.4 is 4.57 Å². The summed E-state index contributed by atoms with van der Waals surface area (Å²) in [5.41, 5.74) is 0.624. The van der Waals surface area contributed by atoms with E-state index in [1.165, 1.54) is 31.4 Å². The molecule has 0 atom stereocenters. The summed E-state index contributed by atoms with van der Waals surface area (Å²) in [6, 6.07) is 0. The summed E-state index contributed by atoms with van der Waals surface area (Å²) < 4.78 is 83.6. The third-order valence-electron chi connectivity index (χ3n) is 4.29. The average molecular weight is 420 g/mol. The van der Waals surface area contributed by atoms with Crippen LogP contribution in [-0.2, 0) is 18.0 Å². The fourth-order valence-corrected chi connectivity index (χ4v) is 3.14. The highest BCUT2D eigenvalue weighted by atomic mass is 19.4. The van der Waals surface area contributed by atoms with Gasteiger partial charge in [-0.25, -0.2) is 0 Å². The van der Waals surface area contributed by atoms with Crippen LogP contribution in [0.15, 0.2) is 47.3 Å². The molecule has 0 saturated carbocycles. The molecule has 0 aromatic carbocycles. The molecule has 0 radical (unpaired) electrons. The SMILES string of the molecule is Cn1nc(C(F)(F)F)[n+]2c1C=CCC(C1=CC=C(OC(F)(F)F)CC=C1)=C2CO. The number of halogens is 6. The molecule has 1 aliphatic heterocycles. The van der Waals surface area contributed by atoms with Crippen molar-refractivity contribution in [3.8, 4) is 0 Å². The van der Waals surface area contributed by atoms with Crippen molar-refractivity contribution in [1.29, 1.82) is 0 Å². The van der Waals surface area contributed by atoms with Gasteiger partial charge in [0.1, 0.15) is 11.5 Å². The number of nitrogens with zero attached hydrogens (tertiary/aromatic N) is 3. The van der Waals surface area contributed by atoms with Gasteiger partial charge in [0.05, 0.1) is 18.8 Å². The molecule has 1 aromatic heterocycles. The van der Waals surface area contributed by atoms with E-state index < -0.39 is 25.0 Å². The third-order valence-corrected chi connectivity index (χ3v) is 4.29. The van der Waals surface area contributed by atoms with Crippen LogP contribution in [0.4, 0.5) is 26.3 Å². The number of aromatic nitrogens is 3. The van der Waals surface area contributed by atoms with Gasteiger partial charge in [0.25, 0.3) is 5.82 Å². The van der Waals surface area contributed by atoms with Crippen molar-refractivity contribution in [3.05, 3.63) is 58.9 Å². The number of fused-ring (bicyclic) bond motifs is 1. The maximum Gasteiger partial charge on any atom is 0.572 e. The van der Waals surface area contributed by atoms with Crippen molar-refractivity contribution in [2.45, 2.75) is 25.4 Å². The quantitative estimate of drug-likeness (QED) is 0.600. The van der Waals surface area contributed by atoms with Crippen LogP contribution in [0.25, 0.3) is 11.8 Å². The molecule has 2 heterocycles. The monoisotopic (exact) mass is 420 g/mol. The molecule has 0 amide bonds. The molecule has 3 rings (SSSR count). The van der Waals surface area contributed by atoms with Crippen LogP contribution in [0.2, 0.25) is 0 Å². The Morgan fingerprint density at radius 3 is 2.41 bits per heavy atom. The number of hydrogen-bond donors (Lipinski definition) is 1. The fraction of sp³-hybridized carbons (Fsp3) is 0.333. The smallest absolute Gasteiger partial charge is 0.410 e. The van der Waals surface area contributed by atoms with Crippen LogP contribution >= 0.6 is 0 Å². The first-order chi connectivity index (χ1) is 13.5. The van der Waals surface area contributed by atoms with Crippen LogP contribution in [0, 0.1) is 0 Å². The summed E-state index contributed by atoms with van der Waals surface area (Å²) in [5.74, 6) is -1.46. The standard InChI is InChI=1S/C18H16F6N3O2/c1-26-15-7-3-6-13(14(10-28)27(15)16(25-26)17(19,20)21)11-4-2-5-12(9-8-11)29-18(22,23)24/h2-4,7-9,28H,5-6,10H2,1H3/q+1. The second-order valence-corrected chi connectivity index (χ2v) is 6.24. The molecule has 0 saturated heterocycles. The summed E-state index contributed by atoms with van der Waals surface area (Å²) in [5, 5.41) is 13.4. The molecular formula is C18H16F6N3O2+. The molecule has 1 N–H and O–H groups in total. The minimum atomic E-state index is -4.85. The predicted molar refractivity (Wildman–Crippen MR) is 89.4 cm³/mol. The number of aliphatic hydroxyl groups excluding tert-OH is 1. The largest absolute Gasteiger partial charge is 0.572 e. The van der Waals surface area contributed by atoms with E-state index in [1.807, 2.05) is 0 Å². The lowest BCUT2D eigenvalue weighted by atomic mass is 9.99. The van der Waals surface area contributed by atoms with Gasteiger partial charge in [0, 0.05) is 18.1 Å². The van der Waals surface area contributed by atoms with Gasteiger partial charge in [0.2, 0.25) is 0 Å². The molecule has 29 heavy (non-hydrogen) atoms. The molecular weight excluding hydrogens is 404 g/mol. The van der Waals surface area contributed by atoms with Gasteiger partial charge in [-0.05, 0) is 18.1 Å². The number of aryl methyl sites for hydroxylation is 1. The first kappa shape index (κ1) is 20.9. The molecule has 0 spiro atoms. The number of rotatable bonds is 3. The van der Waals surface area contributed by atoms with Gasteiger partial charge < -0.3 is 9.84 Å². The topological polar surface area (TPSA) is 51.2 Å². The Hall–Kier alpha value is -2.82. The highest BCUT2D eigenvalue weighted by Gasteiger charge is 2.47. The first-order valence-corrected chi connectivity index (χ1v) is 8.41. The van der Waals surface area contributed by atoms with E-state index in [-0.39, 0.29) is 30.1 Å². The number of ether oxygens (including phenoxy) is 1. The van der Waals surface area contributed by atoms with Crippen molar-refractivity contribution in [2.24, 2.45) is 7.05 Å². The summed E-state index contributed by atoms with van der Waals surface area (Å²) in [6.45, 7) is -0.732. The summed E-state index contributed by atoms with van der Waals surface area (Å²) in [7, 11) is 1.35. The minimum Gasteiger partial charge on any atom is -0.410 e. The fourth-order valence-electron chi connectivity index (χ4n) is 3.14. The van der Waals surface area contributed by atoms with Crippen LogP contribution in [0.5, 0.6) is 0 Å². The first-order valence-electron chi connectivity index (χ1n) is 8.41. The third kappa shape index (κ3) is 4.44. The van der Waals surface area contributed by atoms with E-state index in [9.17, 15) is 31.4 Å². The molecule has 0 unspecified atom stereocenters. The van der Waals surface area contributed by atoms with Crippen LogP contribution in [0.1, 0.15) is 24.5 Å². The van der Waals surface area contributed by atoms with Gasteiger partial charge in [-0.3, -0.25) is 0 Å². The van der Waals surface area contributed by atoms with Gasteiger partial charge in [-0.2, -0.15) is 17.7 Å². The lowest BCUT2D eigenvalue weighted by Gasteiger charge is -2.12. The van der Waals surface area contributed by atoms with Crippen molar-refractivity contribution in [1.82, 2.24) is 9.78 Å². The predicted octanol–water partition coefficient (Wildman–Crippen LogP) is 3.65. The van der Waals surface area contributed by atoms with Crippen molar-refractivity contribution < 1.29 is 40.8 Å². The highest BCUT2D eigenvalue weighted by molar-refractivity contribution is 5.60. The Morgan fingerprint density at radius 2 is 1.79 bits per heavy atom. The van der Waals surface area contributed by atoms with Crippen LogP contribution in [0.3, 0.4) is 0 Å². The normalized spacial score (nSPS) is 17.5. The van der Waals surface area contributed by atoms with E-state index in [2.05, 4.69) is 9.84 Å². The zero-order chi connectivity index (χ0) is 21.4. The lowest BCUT2D eigenvalue weighted by molar-refractivity contribution is -0.612. The molecule has 1 aliphatic carbocycles. The maximum absolute atomic E-state index is 13.5. The van der Waals surface area contributed by atoms with Gasteiger partial charge in [-0.1, -0.05) is 24.3 Å². The van der Waals surface area contributed by atoms with Crippen molar-refractivity contribution in [2.75, 3.05) is 6.61 Å². The van der Waals surface area contributed by atoms with Gasteiger partial charge >= 0.3 is 18.4 Å². The van der Waals surface area contributed by atoms with Gasteiger partial charge in [-0.15, -0.1) is 17.9 Å². The zero-order valence-electron chi connectivity index (χ0n) is 15.1. The number of allylic oxidation sites excluding steroid dienone is 7. The summed E-state index contributed by atoms with van der Waals surface area (Å²) in [4.78, 5) is 0. The molecule has 1 aromatic rings. The second kappa shape index (κ2) is 7.54.